The highest BCUT2D eigenvalue weighted by Gasteiger charge is 2.13. The standard InChI is InChI=1S/C10H9BrN4OS/c1-5-4-17-10(14-5)15-9(16)7-2-6(11)3-13-8(7)12/h2-4H,1H3,(H2,12,13)(H,14,15,16). The Morgan fingerprint density at radius 1 is 1.59 bits per heavy atom. The van der Waals surface area contributed by atoms with E-state index in [2.05, 4.69) is 31.2 Å². The van der Waals surface area contributed by atoms with Gasteiger partial charge >= 0.3 is 0 Å². The number of hydrogen-bond donors (Lipinski definition) is 2. The Hall–Kier alpha value is -1.47. The minimum atomic E-state index is -0.314. The van der Waals surface area contributed by atoms with Gasteiger partial charge < -0.3 is 5.73 Å². The Kier molecular flexibility index (Phi) is 3.39. The molecule has 0 aliphatic rings. The number of anilines is 2. The summed E-state index contributed by atoms with van der Waals surface area (Å²) in [5, 5.41) is 5.08. The predicted molar refractivity (Wildman–Crippen MR) is 71.2 cm³/mol. The van der Waals surface area contributed by atoms with Crippen LogP contribution in [0.3, 0.4) is 0 Å². The van der Waals surface area contributed by atoms with Crippen LogP contribution >= 0.6 is 27.3 Å². The molecule has 0 bridgehead atoms. The van der Waals surface area contributed by atoms with Crippen molar-refractivity contribution in [3.8, 4) is 0 Å². The first-order valence-electron chi connectivity index (χ1n) is 4.71. The average molecular weight is 313 g/mol. The number of nitrogens with zero attached hydrogens (tertiary/aromatic N) is 2. The molecule has 0 radical (unpaired) electrons. The lowest BCUT2D eigenvalue weighted by atomic mass is 10.2. The number of thiazole rings is 1. The zero-order valence-electron chi connectivity index (χ0n) is 8.90. The molecule has 0 saturated heterocycles. The van der Waals surface area contributed by atoms with Crippen LogP contribution in [0.15, 0.2) is 22.1 Å². The molecule has 0 atom stereocenters. The first-order valence-corrected chi connectivity index (χ1v) is 6.38. The summed E-state index contributed by atoms with van der Waals surface area (Å²) < 4.78 is 0.701. The number of halogens is 1. The number of aryl methyl sites for hydroxylation is 1. The van der Waals surface area contributed by atoms with Crippen molar-refractivity contribution in [3.05, 3.63) is 33.4 Å². The number of hydrogen-bond acceptors (Lipinski definition) is 5. The lowest BCUT2D eigenvalue weighted by Gasteiger charge is -2.04. The highest BCUT2D eigenvalue weighted by atomic mass is 79.9. The largest absolute Gasteiger partial charge is 0.383 e. The highest BCUT2D eigenvalue weighted by molar-refractivity contribution is 9.10. The summed E-state index contributed by atoms with van der Waals surface area (Å²) in [5.41, 5.74) is 6.83. The molecule has 7 heteroatoms. The lowest BCUT2D eigenvalue weighted by Crippen LogP contribution is -2.14. The minimum Gasteiger partial charge on any atom is -0.383 e. The third-order valence-corrected chi connectivity index (χ3v) is 3.28. The summed E-state index contributed by atoms with van der Waals surface area (Å²) in [6, 6.07) is 1.62. The number of aromatic nitrogens is 2. The van der Waals surface area contributed by atoms with Gasteiger partial charge in [0.15, 0.2) is 5.13 Å². The molecule has 0 aliphatic carbocycles. The third-order valence-electron chi connectivity index (χ3n) is 1.97. The second kappa shape index (κ2) is 4.80. The van der Waals surface area contributed by atoms with Crippen molar-refractivity contribution >= 4 is 44.1 Å². The monoisotopic (exact) mass is 312 g/mol. The normalized spacial score (nSPS) is 10.2. The van der Waals surface area contributed by atoms with Crippen molar-refractivity contribution in [2.75, 3.05) is 11.1 Å². The number of pyridine rings is 1. The number of carbonyl (C=O) groups is 1. The Balaban J connectivity index is 2.22. The Bertz CT molecular complexity index is 569. The van der Waals surface area contributed by atoms with Gasteiger partial charge in [0.1, 0.15) is 5.82 Å². The second-order valence-corrected chi connectivity index (χ2v) is 5.11. The smallest absolute Gasteiger partial charge is 0.261 e. The number of nitrogen functional groups attached to an aromatic ring is 1. The maximum Gasteiger partial charge on any atom is 0.261 e. The van der Waals surface area contributed by atoms with Gasteiger partial charge in [-0.1, -0.05) is 0 Å². The van der Waals surface area contributed by atoms with E-state index in [1.54, 1.807) is 12.3 Å². The first-order chi connectivity index (χ1) is 8.06. The van der Waals surface area contributed by atoms with Crippen LogP contribution in [0.5, 0.6) is 0 Å². The molecule has 5 nitrogen and oxygen atoms in total. The van der Waals surface area contributed by atoms with Crippen LogP contribution in [0.25, 0.3) is 0 Å². The van der Waals surface area contributed by atoms with E-state index < -0.39 is 0 Å². The lowest BCUT2D eigenvalue weighted by molar-refractivity contribution is 0.102. The summed E-state index contributed by atoms with van der Waals surface area (Å²) in [5.74, 6) is -0.121. The van der Waals surface area contributed by atoms with Crippen molar-refractivity contribution in [2.24, 2.45) is 0 Å². The molecule has 0 unspecified atom stereocenters. The molecule has 0 aliphatic heterocycles. The molecule has 0 saturated carbocycles. The van der Waals surface area contributed by atoms with Gasteiger partial charge in [-0.3, -0.25) is 10.1 Å². The highest BCUT2D eigenvalue weighted by Crippen LogP contribution is 2.19. The van der Waals surface area contributed by atoms with Crippen molar-refractivity contribution in [3.63, 3.8) is 0 Å². The van der Waals surface area contributed by atoms with Gasteiger partial charge in [0.25, 0.3) is 5.91 Å². The molecule has 2 heterocycles. The van der Waals surface area contributed by atoms with Gasteiger partial charge in [-0.25, -0.2) is 9.97 Å². The molecule has 2 rings (SSSR count). The molecule has 0 fully saturated rings. The average Bonchev–Trinajstić information content (AvgIpc) is 2.67. The topological polar surface area (TPSA) is 80.9 Å². The van der Waals surface area contributed by atoms with Crippen LogP contribution in [-0.2, 0) is 0 Å². The van der Waals surface area contributed by atoms with E-state index in [0.29, 0.717) is 15.2 Å². The van der Waals surface area contributed by atoms with Gasteiger partial charge in [-0.05, 0) is 28.9 Å². The first kappa shape index (κ1) is 12.0. The van der Waals surface area contributed by atoms with E-state index in [4.69, 9.17) is 5.73 Å². The zero-order chi connectivity index (χ0) is 12.4. The third kappa shape index (κ3) is 2.80. The van der Waals surface area contributed by atoms with Gasteiger partial charge in [-0.15, -0.1) is 11.3 Å². The summed E-state index contributed by atoms with van der Waals surface area (Å²) in [7, 11) is 0. The summed E-state index contributed by atoms with van der Waals surface area (Å²) >= 11 is 4.61. The SMILES string of the molecule is Cc1csc(NC(=O)c2cc(Br)cnc2N)n1. The van der Waals surface area contributed by atoms with Crippen LogP contribution in [0.4, 0.5) is 10.9 Å². The van der Waals surface area contributed by atoms with Crippen LogP contribution in [0.1, 0.15) is 16.1 Å². The van der Waals surface area contributed by atoms with Crippen LogP contribution in [-0.4, -0.2) is 15.9 Å². The van der Waals surface area contributed by atoms with Crippen molar-refractivity contribution in [2.45, 2.75) is 6.92 Å². The summed E-state index contributed by atoms with van der Waals surface area (Å²) in [6.07, 6.45) is 1.54. The van der Waals surface area contributed by atoms with Crippen molar-refractivity contribution < 1.29 is 4.79 Å². The molecule has 88 valence electrons. The summed E-state index contributed by atoms with van der Waals surface area (Å²) in [6.45, 7) is 1.86. The van der Waals surface area contributed by atoms with Gasteiger partial charge in [-0.2, -0.15) is 0 Å². The minimum absolute atomic E-state index is 0.193. The van der Waals surface area contributed by atoms with Crippen LogP contribution in [0.2, 0.25) is 0 Å². The van der Waals surface area contributed by atoms with Crippen molar-refractivity contribution in [1.82, 2.24) is 9.97 Å². The number of carbonyl (C=O) groups excluding carboxylic acids is 1. The van der Waals surface area contributed by atoms with Crippen molar-refractivity contribution in [1.29, 1.82) is 0 Å². The Labute approximate surface area is 110 Å². The number of nitrogens with two attached hydrogens (primary N) is 1. The maximum atomic E-state index is 11.9. The summed E-state index contributed by atoms with van der Waals surface area (Å²) in [4.78, 5) is 20.0. The number of amides is 1. The molecule has 2 aromatic heterocycles. The van der Waals surface area contributed by atoms with E-state index in [9.17, 15) is 4.79 Å². The Morgan fingerprint density at radius 3 is 3.00 bits per heavy atom. The van der Waals surface area contributed by atoms with Gasteiger partial charge in [0.05, 0.1) is 11.3 Å². The fraction of sp³-hybridized carbons (Fsp3) is 0.100. The van der Waals surface area contributed by atoms with Crippen LogP contribution < -0.4 is 11.1 Å². The number of nitrogens with one attached hydrogen (secondary N) is 1. The van der Waals surface area contributed by atoms with E-state index in [-0.39, 0.29) is 11.7 Å². The molecule has 0 spiro atoms. The Morgan fingerprint density at radius 2 is 2.35 bits per heavy atom. The fourth-order valence-corrected chi connectivity index (χ4v) is 2.22. The van der Waals surface area contributed by atoms with Crippen LogP contribution in [0, 0.1) is 6.92 Å². The van der Waals surface area contributed by atoms with E-state index >= 15 is 0 Å². The van der Waals surface area contributed by atoms with E-state index in [0.717, 1.165) is 5.69 Å². The molecule has 17 heavy (non-hydrogen) atoms. The van der Waals surface area contributed by atoms with Gasteiger partial charge in [0.2, 0.25) is 0 Å². The fourth-order valence-electron chi connectivity index (χ4n) is 1.21. The quantitative estimate of drug-likeness (QED) is 0.892. The van der Waals surface area contributed by atoms with Gasteiger partial charge in [0, 0.05) is 16.0 Å². The second-order valence-electron chi connectivity index (χ2n) is 3.33. The molecular weight excluding hydrogens is 304 g/mol. The maximum absolute atomic E-state index is 11.9. The molecule has 3 N–H and O–H groups in total. The molecular formula is C10H9BrN4OS. The number of rotatable bonds is 2. The molecule has 1 amide bonds. The zero-order valence-corrected chi connectivity index (χ0v) is 11.3. The van der Waals surface area contributed by atoms with E-state index in [1.807, 2.05) is 12.3 Å². The predicted octanol–water partition coefficient (Wildman–Crippen LogP) is 2.44. The van der Waals surface area contributed by atoms with E-state index in [1.165, 1.54) is 11.3 Å². The molecule has 0 aromatic carbocycles. The molecule has 2 aromatic rings.